The summed E-state index contributed by atoms with van der Waals surface area (Å²) in [6, 6.07) is 3.53. The van der Waals surface area contributed by atoms with Crippen LogP contribution in [0.4, 0.5) is 5.69 Å². The van der Waals surface area contributed by atoms with E-state index < -0.39 is 15.4 Å². The zero-order valence-electron chi connectivity index (χ0n) is 15.2. The SMILES string of the molecule is CS(=O)(=O)CCC(=O)N1CCOCC2(C1)CN(c1cccnc1)C(=O)CO2. The number of hydrogen-bond acceptors (Lipinski definition) is 7. The van der Waals surface area contributed by atoms with Gasteiger partial charge in [-0.3, -0.25) is 14.6 Å². The topological polar surface area (TPSA) is 106 Å². The number of morpholine rings is 1. The molecule has 2 aliphatic heterocycles. The Morgan fingerprint density at radius 1 is 1.37 bits per heavy atom. The van der Waals surface area contributed by atoms with E-state index in [-0.39, 0.29) is 50.3 Å². The summed E-state index contributed by atoms with van der Waals surface area (Å²) in [5, 5.41) is 0. The van der Waals surface area contributed by atoms with Gasteiger partial charge < -0.3 is 19.3 Å². The van der Waals surface area contributed by atoms with E-state index in [0.29, 0.717) is 18.8 Å². The third-order valence-electron chi connectivity index (χ3n) is 4.60. The van der Waals surface area contributed by atoms with Gasteiger partial charge in [-0.25, -0.2) is 8.42 Å². The van der Waals surface area contributed by atoms with Crippen molar-refractivity contribution in [2.45, 2.75) is 12.0 Å². The maximum atomic E-state index is 12.5. The molecule has 27 heavy (non-hydrogen) atoms. The first kappa shape index (κ1) is 19.7. The van der Waals surface area contributed by atoms with Crippen LogP contribution in [0.3, 0.4) is 0 Å². The Bertz CT molecular complexity index is 800. The predicted octanol–water partition coefficient (Wildman–Crippen LogP) is -0.523. The third kappa shape index (κ3) is 5.02. The van der Waals surface area contributed by atoms with Crippen molar-refractivity contribution in [3.8, 4) is 0 Å². The zero-order valence-corrected chi connectivity index (χ0v) is 16.0. The number of hydrogen-bond donors (Lipinski definition) is 0. The van der Waals surface area contributed by atoms with Crippen LogP contribution in [-0.2, 0) is 28.9 Å². The van der Waals surface area contributed by atoms with Gasteiger partial charge in [-0.2, -0.15) is 0 Å². The Labute approximate surface area is 158 Å². The maximum Gasteiger partial charge on any atom is 0.253 e. The molecule has 148 valence electrons. The van der Waals surface area contributed by atoms with Crippen LogP contribution >= 0.6 is 0 Å². The van der Waals surface area contributed by atoms with E-state index in [2.05, 4.69) is 4.98 Å². The third-order valence-corrected chi connectivity index (χ3v) is 5.54. The van der Waals surface area contributed by atoms with Gasteiger partial charge in [0.25, 0.3) is 5.91 Å². The molecule has 0 bridgehead atoms. The predicted molar refractivity (Wildman–Crippen MR) is 97.0 cm³/mol. The Kier molecular flexibility index (Phi) is 5.78. The van der Waals surface area contributed by atoms with Gasteiger partial charge in [0.05, 0.1) is 43.9 Å². The lowest BCUT2D eigenvalue weighted by atomic mass is 10.0. The molecule has 1 unspecified atom stereocenters. The minimum Gasteiger partial charge on any atom is -0.376 e. The van der Waals surface area contributed by atoms with Crippen LogP contribution in [0.1, 0.15) is 6.42 Å². The number of carbonyl (C=O) groups is 2. The van der Waals surface area contributed by atoms with Crippen LogP contribution in [0.25, 0.3) is 0 Å². The van der Waals surface area contributed by atoms with Gasteiger partial charge in [-0.05, 0) is 12.1 Å². The fourth-order valence-corrected chi connectivity index (χ4v) is 3.74. The number of ether oxygens (including phenoxy) is 2. The van der Waals surface area contributed by atoms with E-state index in [4.69, 9.17) is 9.47 Å². The Morgan fingerprint density at radius 2 is 2.19 bits per heavy atom. The molecule has 3 heterocycles. The Morgan fingerprint density at radius 3 is 2.89 bits per heavy atom. The second-order valence-corrected chi connectivity index (χ2v) is 9.17. The van der Waals surface area contributed by atoms with E-state index in [9.17, 15) is 18.0 Å². The highest BCUT2D eigenvalue weighted by Gasteiger charge is 2.44. The van der Waals surface area contributed by atoms with Gasteiger partial charge in [0.1, 0.15) is 22.0 Å². The Hall–Kier alpha value is -2.04. The fourth-order valence-electron chi connectivity index (χ4n) is 3.20. The van der Waals surface area contributed by atoms with Crippen LogP contribution in [0, 0.1) is 0 Å². The second kappa shape index (κ2) is 7.91. The summed E-state index contributed by atoms with van der Waals surface area (Å²) in [4.78, 5) is 32.0. The fraction of sp³-hybridized carbons (Fsp3) is 0.588. The van der Waals surface area contributed by atoms with Crippen molar-refractivity contribution in [2.75, 3.05) is 56.4 Å². The highest BCUT2D eigenvalue weighted by molar-refractivity contribution is 7.90. The average molecular weight is 397 g/mol. The van der Waals surface area contributed by atoms with Crippen LogP contribution < -0.4 is 4.90 Å². The van der Waals surface area contributed by atoms with Crippen molar-refractivity contribution in [3.05, 3.63) is 24.5 Å². The molecule has 2 aliphatic rings. The van der Waals surface area contributed by atoms with Crippen molar-refractivity contribution in [1.29, 1.82) is 0 Å². The quantitative estimate of drug-likeness (QED) is 0.673. The van der Waals surface area contributed by atoms with Gasteiger partial charge in [-0.15, -0.1) is 0 Å². The number of nitrogens with zero attached hydrogens (tertiary/aromatic N) is 3. The first-order valence-corrected chi connectivity index (χ1v) is 10.7. The van der Waals surface area contributed by atoms with Gasteiger partial charge in [0, 0.05) is 25.4 Å². The number of anilines is 1. The number of sulfone groups is 1. The molecule has 0 aliphatic carbocycles. The number of pyridine rings is 1. The molecular formula is C17H23N3O6S. The van der Waals surface area contributed by atoms with Crippen molar-refractivity contribution in [3.63, 3.8) is 0 Å². The van der Waals surface area contributed by atoms with E-state index in [1.165, 1.54) is 0 Å². The summed E-state index contributed by atoms with van der Waals surface area (Å²) in [6.45, 7) is 1.27. The molecule has 1 atom stereocenters. The summed E-state index contributed by atoms with van der Waals surface area (Å²) >= 11 is 0. The first-order valence-electron chi connectivity index (χ1n) is 8.66. The van der Waals surface area contributed by atoms with Crippen LogP contribution in [-0.4, -0.2) is 87.2 Å². The Balaban J connectivity index is 1.75. The molecular weight excluding hydrogens is 374 g/mol. The zero-order chi connectivity index (χ0) is 19.5. The summed E-state index contributed by atoms with van der Waals surface area (Å²) in [7, 11) is -3.22. The molecule has 0 radical (unpaired) electrons. The van der Waals surface area contributed by atoms with Gasteiger partial charge in [-0.1, -0.05) is 0 Å². The second-order valence-electron chi connectivity index (χ2n) is 6.91. The standard InChI is InChI=1S/C17H23N3O6S/c1-27(23,24)8-4-15(21)19-6-7-25-13-17(11-19)12-20(16(22)10-26-17)14-3-2-5-18-9-14/h2-3,5,9H,4,6-8,10-13H2,1H3. The lowest BCUT2D eigenvalue weighted by Crippen LogP contribution is -2.61. The molecule has 0 N–H and O–H groups in total. The minimum atomic E-state index is -3.22. The van der Waals surface area contributed by atoms with Gasteiger partial charge in [0.2, 0.25) is 5.91 Å². The number of rotatable bonds is 4. The lowest BCUT2D eigenvalue weighted by Gasteiger charge is -2.42. The molecule has 0 saturated carbocycles. The molecule has 2 fully saturated rings. The minimum absolute atomic E-state index is 0.0832. The number of carbonyl (C=O) groups excluding carboxylic acids is 2. The summed E-state index contributed by atoms with van der Waals surface area (Å²) in [5.74, 6) is -0.649. The first-order chi connectivity index (χ1) is 12.8. The lowest BCUT2D eigenvalue weighted by molar-refractivity contribution is -0.149. The maximum absolute atomic E-state index is 12.5. The van der Waals surface area contributed by atoms with E-state index in [0.717, 1.165) is 6.26 Å². The average Bonchev–Trinajstić information content (AvgIpc) is 2.85. The molecule has 2 amide bonds. The molecule has 1 aromatic heterocycles. The monoisotopic (exact) mass is 397 g/mol. The highest BCUT2D eigenvalue weighted by Crippen LogP contribution is 2.27. The molecule has 2 saturated heterocycles. The largest absolute Gasteiger partial charge is 0.376 e. The van der Waals surface area contributed by atoms with Gasteiger partial charge >= 0.3 is 0 Å². The number of aromatic nitrogens is 1. The van der Waals surface area contributed by atoms with E-state index >= 15 is 0 Å². The molecule has 0 aromatic carbocycles. The summed E-state index contributed by atoms with van der Waals surface area (Å²) in [5.41, 5.74) is -0.203. The summed E-state index contributed by atoms with van der Waals surface area (Å²) in [6.07, 6.45) is 4.25. The van der Waals surface area contributed by atoms with Crippen molar-refractivity contribution in [1.82, 2.24) is 9.88 Å². The van der Waals surface area contributed by atoms with E-state index in [1.807, 2.05) is 0 Å². The molecule has 1 aromatic rings. The van der Waals surface area contributed by atoms with Crippen molar-refractivity contribution >= 4 is 27.3 Å². The summed E-state index contributed by atoms with van der Waals surface area (Å²) < 4.78 is 34.2. The van der Waals surface area contributed by atoms with Crippen LogP contribution in [0.15, 0.2) is 24.5 Å². The molecule has 3 rings (SSSR count). The molecule has 1 spiro atoms. The van der Waals surface area contributed by atoms with E-state index in [1.54, 1.807) is 34.3 Å². The van der Waals surface area contributed by atoms with Gasteiger partial charge in [0.15, 0.2) is 0 Å². The molecule has 10 heteroatoms. The van der Waals surface area contributed by atoms with Crippen LogP contribution in [0.5, 0.6) is 0 Å². The van der Waals surface area contributed by atoms with Crippen molar-refractivity contribution in [2.24, 2.45) is 0 Å². The molecule has 9 nitrogen and oxygen atoms in total. The van der Waals surface area contributed by atoms with Crippen LogP contribution in [0.2, 0.25) is 0 Å². The smallest absolute Gasteiger partial charge is 0.253 e. The van der Waals surface area contributed by atoms with Crippen molar-refractivity contribution < 1.29 is 27.5 Å². The normalized spacial score (nSPS) is 24.1. The highest BCUT2D eigenvalue weighted by atomic mass is 32.2. The number of amides is 2.